The Morgan fingerprint density at radius 2 is 1.78 bits per heavy atom. The molecule has 1 saturated carbocycles. The molecule has 200 valence electrons. The minimum absolute atomic E-state index is 0.157. The highest BCUT2D eigenvalue weighted by molar-refractivity contribution is 5.83. The Bertz CT molecular complexity index is 1110. The number of rotatable bonds is 8. The van der Waals surface area contributed by atoms with E-state index in [2.05, 4.69) is 31.3 Å². The lowest BCUT2D eigenvalue weighted by molar-refractivity contribution is -0.147. The van der Waals surface area contributed by atoms with Crippen molar-refractivity contribution in [1.82, 2.24) is 4.90 Å². The maximum Gasteiger partial charge on any atom is 0.323 e. The molecule has 0 bridgehead atoms. The van der Waals surface area contributed by atoms with Crippen LogP contribution in [0.15, 0.2) is 42.5 Å². The first kappa shape index (κ1) is 27.0. The molecule has 1 heterocycles. The Morgan fingerprint density at radius 3 is 2.46 bits per heavy atom. The van der Waals surface area contributed by atoms with Gasteiger partial charge in [-0.15, -0.1) is 0 Å². The van der Waals surface area contributed by atoms with Crippen LogP contribution in [0.25, 0.3) is 0 Å². The van der Waals surface area contributed by atoms with Crippen LogP contribution in [0.5, 0.6) is 5.75 Å². The molecule has 7 nitrogen and oxygen atoms in total. The van der Waals surface area contributed by atoms with Crippen LogP contribution in [0.3, 0.4) is 0 Å². The van der Waals surface area contributed by atoms with Gasteiger partial charge in [0.25, 0.3) is 0 Å². The normalized spacial score (nSPS) is 22.6. The molecule has 0 aromatic heterocycles. The summed E-state index contributed by atoms with van der Waals surface area (Å²) in [7, 11) is 0. The summed E-state index contributed by atoms with van der Waals surface area (Å²) in [5.41, 5.74) is 3.93. The Balaban J connectivity index is 1.41. The van der Waals surface area contributed by atoms with Gasteiger partial charge in [0.05, 0.1) is 12.1 Å². The van der Waals surface area contributed by atoms with E-state index in [0.717, 1.165) is 29.0 Å². The zero-order valence-electron chi connectivity index (χ0n) is 22.4. The summed E-state index contributed by atoms with van der Waals surface area (Å²) in [5.74, 6) is -0.207. The van der Waals surface area contributed by atoms with Gasteiger partial charge < -0.3 is 25.2 Å². The number of nitrogens with zero attached hydrogens (tertiary/aromatic N) is 1. The summed E-state index contributed by atoms with van der Waals surface area (Å²) in [5, 5.41) is 23.8. The van der Waals surface area contributed by atoms with Crippen LogP contribution in [0.2, 0.25) is 0 Å². The van der Waals surface area contributed by atoms with E-state index in [9.17, 15) is 19.8 Å². The van der Waals surface area contributed by atoms with Crippen LogP contribution in [0, 0.1) is 5.92 Å². The molecule has 0 spiro atoms. The second-order valence-corrected chi connectivity index (χ2v) is 11.5. The van der Waals surface area contributed by atoms with Crippen molar-refractivity contribution < 1.29 is 24.5 Å². The maximum absolute atomic E-state index is 13.5. The highest BCUT2D eigenvalue weighted by Gasteiger charge is 2.33. The number of anilines is 1. The van der Waals surface area contributed by atoms with Gasteiger partial charge in [-0.05, 0) is 80.3 Å². The zero-order valence-corrected chi connectivity index (χ0v) is 22.4. The van der Waals surface area contributed by atoms with E-state index in [1.807, 2.05) is 44.2 Å². The molecule has 37 heavy (non-hydrogen) atoms. The summed E-state index contributed by atoms with van der Waals surface area (Å²) in [6.07, 6.45) is 2.46. The first-order valence-electron chi connectivity index (χ1n) is 13.4. The van der Waals surface area contributed by atoms with E-state index in [-0.39, 0.29) is 36.6 Å². The third-order valence-corrected chi connectivity index (χ3v) is 7.52. The first-order chi connectivity index (χ1) is 17.5. The van der Waals surface area contributed by atoms with Gasteiger partial charge in [-0.25, -0.2) is 0 Å². The van der Waals surface area contributed by atoms with Crippen molar-refractivity contribution in [3.63, 3.8) is 0 Å². The summed E-state index contributed by atoms with van der Waals surface area (Å²) in [6, 6.07) is 13.9. The molecule has 7 heteroatoms. The summed E-state index contributed by atoms with van der Waals surface area (Å²) in [4.78, 5) is 26.6. The van der Waals surface area contributed by atoms with Crippen LogP contribution in [-0.2, 0) is 22.6 Å². The van der Waals surface area contributed by atoms with Crippen molar-refractivity contribution in [3.8, 4) is 5.75 Å². The highest BCUT2D eigenvalue weighted by atomic mass is 16.5. The highest BCUT2D eigenvalue weighted by Crippen LogP contribution is 2.35. The van der Waals surface area contributed by atoms with Crippen LogP contribution in [0.1, 0.15) is 76.0 Å². The fourth-order valence-corrected chi connectivity index (χ4v) is 5.50. The number of aliphatic carboxylic acids is 1. The number of aliphatic hydroxyl groups is 1. The van der Waals surface area contributed by atoms with Gasteiger partial charge in [0, 0.05) is 24.6 Å². The van der Waals surface area contributed by atoms with Crippen LogP contribution < -0.4 is 10.1 Å². The third-order valence-electron chi connectivity index (χ3n) is 7.52. The second kappa shape index (κ2) is 11.1. The number of carboxylic acids is 1. The summed E-state index contributed by atoms with van der Waals surface area (Å²) in [6.45, 7) is 8.28. The van der Waals surface area contributed by atoms with Gasteiger partial charge in [0.2, 0.25) is 5.91 Å². The molecule has 0 unspecified atom stereocenters. The number of ether oxygens (including phenoxy) is 1. The zero-order chi connectivity index (χ0) is 26.7. The smallest absolute Gasteiger partial charge is 0.323 e. The van der Waals surface area contributed by atoms with Gasteiger partial charge in [0.15, 0.2) is 0 Å². The predicted molar refractivity (Wildman–Crippen MR) is 144 cm³/mol. The minimum Gasteiger partial charge on any atom is -0.487 e. The van der Waals surface area contributed by atoms with E-state index >= 15 is 0 Å². The number of amides is 1. The largest absolute Gasteiger partial charge is 0.487 e. The number of nitrogens with one attached hydrogen (secondary N) is 1. The molecule has 2 aromatic carbocycles. The molecule has 1 fully saturated rings. The molecule has 2 aromatic rings. The monoisotopic (exact) mass is 508 g/mol. The van der Waals surface area contributed by atoms with Crippen molar-refractivity contribution in [2.24, 2.45) is 5.92 Å². The number of aliphatic hydroxyl groups excluding tert-OH is 1. The second-order valence-electron chi connectivity index (χ2n) is 11.5. The number of carboxylic acid groups (broad SMARTS) is 1. The van der Waals surface area contributed by atoms with E-state index in [0.29, 0.717) is 31.6 Å². The Hall–Kier alpha value is -3.06. The lowest BCUT2D eigenvalue weighted by atomic mass is 9.97. The average Bonchev–Trinajstić information content (AvgIpc) is 3.03. The van der Waals surface area contributed by atoms with Crippen molar-refractivity contribution in [3.05, 3.63) is 59.2 Å². The average molecular weight is 509 g/mol. The minimum atomic E-state index is -1.03. The molecule has 2 aliphatic rings. The SMILES string of the molecule is CC(C)c1ccc(N[C@H]2CC[C@@H](C(=O)N(CC(=O)O)Cc3ccc4c(c3)CC(C)(C)O4)CC[C@@H]2O)cc1. The fourth-order valence-electron chi connectivity index (χ4n) is 5.50. The van der Waals surface area contributed by atoms with Gasteiger partial charge >= 0.3 is 5.97 Å². The molecule has 4 rings (SSSR count). The Labute approximate surface area is 219 Å². The van der Waals surface area contributed by atoms with E-state index in [4.69, 9.17) is 4.74 Å². The number of hydrogen-bond donors (Lipinski definition) is 3. The molecular formula is C30H40N2O5. The Morgan fingerprint density at radius 1 is 1.08 bits per heavy atom. The standard InChI is InChI=1S/C30H40N2O5/c1-19(2)21-6-10-24(11-7-21)31-25-12-8-22(9-13-26(25)33)29(36)32(18-28(34)35)17-20-5-14-27-23(15-20)16-30(3,4)37-27/h5-7,10-11,14-15,19,22,25-26,31,33H,8-9,12-13,16-18H2,1-4H3,(H,34,35)/t22-,25+,26+/m1/s1. The van der Waals surface area contributed by atoms with Crippen molar-refractivity contribution >= 4 is 17.6 Å². The lowest BCUT2D eigenvalue weighted by Crippen LogP contribution is -2.39. The van der Waals surface area contributed by atoms with Gasteiger partial charge in [-0.3, -0.25) is 9.59 Å². The van der Waals surface area contributed by atoms with Crippen molar-refractivity contribution in [1.29, 1.82) is 0 Å². The fraction of sp³-hybridized carbons (Fsp3) is 0.533. The molecule has 1 aliphatic carbocycles. The molecule has 3 atom stereocenters. The van der Waals surface area contributed by atoms with E-state index in [1.165, 1.54) is 10.5 Å². The molecule has 1 aliphatic heterocycles. The predicted octanol–water partition coefficient (Wildman–Crippen LogP) is 4.97. The number of carbonyl (C=O) groups is 2. The van der Waals surface area contributed by atoms with E-state index < -0.39 is 12.1 Å². The Kier molecular flexibility index (Phi) is 8.12. The number of hydrogen-bond acceptors (Lipinski definition) is 5. The van der Waals surface area contributed by atoms with Gasteiger partial charge in [-0.2, -0.15) is 0 Å². The number of benzene rings is 2. The molecule has 3 N–H and O–H groups in total. The summed E-state index contributed by atoms with van der Waals surface area (Å²) >= 11 is 0. The number of carbonyl (C=O) groups excluding carboxylic acids is 1. The molecule has 0 radical (unpaired) electrons. The van der Waals surface area contributed by atoms with Crippen LogP contribution >= 0.6 is 0 Å². The number of fused-ring (bicyclic) bond motifs is 1. The topological polar surface area (TPSA) is 99.1 Å². The third kappa shape index (κ3) is 6.83. The van der Waals surface area contributed by atoms with E-state index in [1.54, 1.807) is 0 Å². The maximum atomic E-state index is 13.5. The molecular weight excluding hydrogens is 468 g/mol. The lowest BCUT2D eigenvalue weighted by Gasteiger charge is -2.26. The first-order valence-corrected chi connectivity index (χ1v) is 13.4. The van der Waals surface area contributed by atoms with Gasteiger partial charge in [-0.1, -0.05) is 38.1 Å². The van der Waals surface area contributed by atoms with Crippen LogP contribution in [-0.4, -0.2) is 51.3 Å². The van der Waals surface area contributed by atoms with Crippen LogP contribution in [0.4, 0.5) is 5.69 Å². The van der Waals surface area contributed by atoms with Crippen molar-refractivity contribution in [2.45, 2.75) is 90.0 Å². The summed E-state index contributed by atoms with van der Waals surface area (Å²) < 4.78 is 5.95. The molecule has 0 saturated heterocycles. The molecule has 1 amide bonds. The van der Waals surface area contributed by atoms with Crippen molar-refractivity contribution in [2.75, 3.05) is 11.9 Å². The van der Waals surface area contributed by atoms with Gasteiger partial charge in [0.1, 0.15) is 17.9 Å². The quantitative estimate of drug-likeness (QED) is 0.436.